The molecule has 4 heteroatoms. The van der Waals surface area contributed by atoms with Crippen molar-refractivity contribution in [3.05, 3.63) is 29.3 Å². The van der Waals surface area contributed by atoms with Gasteiger partial charge in [0.25, 0.3) is 6.43 Å². The minimum Gasteiger partial charge on any atom is -0.369 e. The lowest BCUT2D eigenvalue weighted by molar-refractivity contribution is 0.156. The second-order valence-electron chi connectivity index (χ2n) is 4.17. The standard InChI is InChI=1S/C13H20F2N2/c1-4-16-8-11-5-6-12(10(2)7-11)17(3)9-13(14)15/h5-7,13,16H,4,8-9H2,1-3H3. The molecule has 0 aliphatic rings. The van der Waals surface area contributed by atoms with Crippen molar-refractivity contribution in [3.8, 4) is 0 Å². The summed E-state index contributed by atoms with van der Waals surface area (Å²) >= 11 is 0. The highest BCUT2D eigenvalue weighted by molar-refractivity contribution is 5.53. The van der Waals surface area contributed by atoms with Crippen molar-refractivity contribution in [2.45, 2.75) is 26.8 Å². The van der Waals surface area contributed by atoms with Crippen LogP contribution in [-0.4, -0.2) is 26.6 Å². The average molecular weight is 242 g/mol. The van der Waals surface area contributed by atoms with Crippen LogP contribution >= 0.6 is 0 Å². The van der Waals surface area contributed by atoms with Gasteiger partial charge in [-0.25, -0.2) is 8.78 Å². The fourth-order valence-corrected chi connectivity index (χ4v) is 1.83. The first-order valence-corrected chi connectivity index (χ1v) is 5.84. The molecule has 0 aliphatic heterocycles. The summed E-state index contributed by atoms with van der Waals surface area (Å²) in [7, 11) is 1.69. The lowest BCUT2D eigenvalue weighted by Crippen LogP contribution is -2.24. The number of anilines is 1. The number of aryl methyl sites for hydroxylation is 1. The number of hydrogen-bond acceptors (Lipinski definition) is 2. The van der Waals surface area contributed by atoms with Crippen LogP contribution < -0.4 is 10.2 Å². The number of rotatable bonds is 6. The molecule has 0 unspecified atom stereocenters. The first-order valence-electron chi connectivity index (χ1n) is 5.84. The molecule has 1 aromatic rings. The third kappa shape index (κ3) is 4.30. The fourth-order valence-electron chi connectivity index (χ4n) is 1.83. The molecule has 2 nitrogen and oxygen atoms in total. The van der Waals surface area contributed by atoms with E-state index >= 15 is 0 Å². The number of benzene rings is 1. The smallest absolute Gasteiger partial charge is 0.255 e. The molecule has 0 aliphatic carbocycles. The van der Waals surface area contributed by atoms with Crippen LogP contribution in [0.25, 0.3) is 0 Å². The Hall–Kier alpha value is -1.16. The summed E-state index contributed by atoms with van der Waals surface area (Å²) in [4.78, 5) is 1.59. The van der Waals surface area contributed by atoms with Crippen LogP contribution in [0.15, 0.2) is 18.2 Å². The molecule has 1 N–H and O–H groups in total. The molecule has 1 aromatic carbocycles. The predicted molar refractivity (Wildman–Crippen MR) is 67.8 cm³/mol. The second-order valence-corrected chi connectivity index (χ2v) is 4.17. The van der Waals surface area contributed by atoms with Gasteiger partial charge in [0.15, 0.2) is 0 Å². The van der Waals surface area contributed by atoms with Crippen LogP contribution in [0.5, 0.6) is 0 Å². The monoisotopic (exact) mass is 242 g/mol. The van der Waals surface area contributed by atoms with Crippen molar-refractivity contribution in [3.63, 3.8) is 0 Å². The molecular weight excluding hydrogens is 222 g/mol. The quantitative estimate of drug-likeness (QED) is 0.825. The number of nitrogens with one attached hydrogen (secondary N) is 1. The van der Waals surface area contributed by atoms with Gasteiger partial charge in [0, 0.05) is 19.3 Å². The van der Waals surface area contributed by atoms with Gasteiger partial charge in [-0.2, -0.15) is 0 Å². The van der Waals surface area contributed by atoms with Gasteiger partial charge in [-0.15, -0.1) is 0 Å². The largest absolute Gasteiger partial charge is 0.369 e. The van der Waals surface area contributed by atoms with E-state index in [1.807, 2.05) is 25.1 Å². The number of nitrogens with zero attached hydrogens (tertiary/aromatic N) is 1. The van der Waals surface area contributed by atoms with Crippen LogP contribution in [0.4, 0.5) is 14.5 Å². The van der Waals surface area contributed by atoms with Gasteiger partial charge < -0.3 is 10.2 Å². The average Bonchev–Trinajstić information content (AvgIpc) is 2.25. The molecule has 0 saturated heterocycles. The van der Waals surface area contributed by atoms with E-state index in [4.69, 9.17) is 0 Å². The summed E-state index contributed by atoms with van der Waals surface area (Å²) in [6.07, 6.45) is -2.30. The molecular formula is C13H20F2N2. The highest BCUT2D eigenvalue weighted by Crippen LogP contribution is 2.20. The van der Waals surface area contributed by atoms with Crippen molar-refractivity contribution >= 4 is 5.69 Å². The zero-order valence-electron chi connectivity index (χ0n) is 10.6. The summed E-state index contributed by atoms with van der Waals surface area (Å²) in [5, 5.41) is 3.24. The normalized spacial score (nSPS) is 10.9. The van der Waals surface area contributed by atoms with Gasteiger partial charge in [0.1, 0.15) is 0 Å². The van der Waals surface area contributed by atoms with Crippen molar-refractivity contribution in [2.24, 2.45) is 0 Å². The molecule has 0 fully saturated rings. The maximum Gasteiger partial charge on any atom is 0.255 e. The predicted octanol–water partition coefficient (Wildman–Crippen LogP) is 2.81. The zero-order valence-corrected chi connectivity index (χ0v) is 10.6. The first kappa shape index (κ1) is 13.9. The van der Waals surface area contributed by atoms with E-state index in [2.05, 4.69) is 12.2 Å². The Morgan fingerprint density at radius 1 is 1.35 bits per heavy atom. The van der Waals surface area contributed by atoms with E-state index in [0.29, 0.717) is 0 Å². The summed E-state index contributed by atoms with van der Waals surface area (Å²) in [5.41, 5.74) is 3.08. The molecule has 0 bridgehead atoms. The summed E-state index contributed by atoms with van der Waals surface area (Å²) in [5.74, 6) is 0. The number of alkyl halides is 2. The Balaban J connectivity index is 2.74. The summed E-state index contributed by atoms with van der Waals surface area (Å²) in [6.45, 7) is 5.51. The first-order chi connectivity index (χ1) is 8.04. The van der Waals surface area contributed by atoms with E-state index in [-0.39, 0.29) is 6.54 Å². The van der Waals surface area contributed by atoms with Crippen LogP contribution in [0.2, 0.25) is 0 Å². The van der Waals surface area contributed by atoms with E-state index in [9.17, 15) is 8.78 Å². The topological polar surface area (TPSA) is 15.3 Å². The lowest BCUT2D eigenvalue weighted by Gasteiger charge is -2.21. The van der Waals surface area contributed by atoms with Crippen LogP contribution in [0.1, 0.15) is 18.1 Å². The molecule has 17 heavy (non-hydrogen) atoms. The van der Waals surface area contributed by atoms with Gasteiger partial charge >= 0.3 is 0 Å². The van der Waals surface area contributed by atoms with E-state index in [1.54, 1.807) is 11.9 Å². The van der Waals surface area contributed by atoms with Crippen molar-refractivity contribution < 1.29 is 8.78 Å². The van der Waals surface area contributed by atoms with E-state index in [0.717, 1.165) is 24.3 Å². The molecule has 0 aromatic heterocycles. The molecule has 0 atom stereocenters. The van der Waals surface area contributed by atoms with Crippen molar-refractivity contribution in [2.75, 3.05) is 25.0 Å². The number of halogens is 2. The Morgan fingerprint density at radius 3 is 2.59 bits per heavy atom. The van der Waals surface area contributed by atoms with E-state index in [1.165, 1.54) is 5.56 Å². The second kappa shape index (κ2) is 6.55. The number of hydrogen-bond donors (Lipinski definition) is 1. The van der Waals surface area contributed by atoms with Crippen molar-refractivity contribution in [1.29, 1.82) is 0 Å². The van der Waals surface area contributed by atoms with Crippen LogP contribution in [-0.2, 0) is 6.54 Å². The molecule has 1 rings (SSSR count). The maximum absolute atomic E-state index is 12.3. The highest BCUT2D eigenvalue weighted by atomic mass is 19.3. The summed E-state index contributed by atoms with van der Waals surface area (Å²) < 4.78 is 24.6. The van der Waals surface area contributed by atoms with Gasteiger partial charge in [0.05, 0.1) is 6.54 Å². The fraction of sp³-hybridized carbons (Fsp3) is 0.538. The van der Waals surface area contributed by atoms with Crippen molar-refractivity contribution in [1.82, 2.24) is 5.32 Å². The molecule has 0 heterocycles. The van der Waals surface area contributed by atoms with E-state index < -0.39 is 6.43 Å². The Labute approximate surface area is 102 Å². The highest BCUT2D eigenvalue weighted by Gasteiger charge is 2.10. The Morgan fingerprint density at radius 2 is 2.06 bits per heavy atom. The molecule has 0 saturated carbocycles. The zero-order chi connectivity index (χ0) is 12.8. The Kier molecular flexibility index (Phi) is 5.35. The van der Waals surface area contributed by atoms with Gasteiger partial charge in [-0.1, -0.05) is 19.1 Å². The van der Waals surface area contributed by atoms with Gasteiger partial charge in [-0.05, 0) is 30.7 Å². The van der Waals surface area contributed by atoms with Crippen LogP contribution in [0, 0.1) is 6.92 Å². The Bertz CT molecular complexity index is 353. The molecule has 0 spiro atoms. The maximum atomic E-state index is 12.3. The minimum atomic E-state index is -2.30. The SMILES string of the molecule is CCNCc1ccc(N(C)CC(F)F)c(C)c1. The summed E-state index contributed by atoms with van der Waals surface area (Å²) in [6, 6.07) is 5.93. The van der Waals surface area contributed by atoms with Gasteiger partial charge in [-0.3, -0.25) is 0 Å². The molecule has 0 radical (unpaired) electrons. The van der Waals surface area contributed by atoms with Gasteiger partial charge in [0.2, 0.25) is 0 Å². The third-order valence-corrected chi connectivity index (χ3v) is 2.66. The minimum absolute atomic E-state index is 0.229. The lowest BCUT2D eigenvalue weighted by atomic mass is 10.1. The third-order valence-electron chi connectivity index (χ3n) is 2.66. The molecule has 96 valence electrons. The molecule has 0 amide bonds. The van der Waals surface area contributed by atoms with Crippen LogP contribution in [0.3, 0.4) is 0 Å².